The molecule has 1 unspecified atom stereocenters. The maximum Gasteiger partial charge on any atom is 0.122 e. The van der Waals surface area contributed by atoms with E-state index in [0.29, 0.717) is 6.42 Å². The fourth-order valence-corrected chi connectivity index (χ4v) is 1.94. The standard InChI is InChI=1S/C16H26N2O/c1-6-13(10-15(17)18)19-14-8-7-12(9-11(14)2)16(3,4)5/h7-9,13H,6,10H2,1-5H3,(H3,17,18). The van der Waals surface area contributed by atoms with Crippen LogP contribution in [0.1, 0.15) is 51.7 Å². The van der Waals surface area contributed by atoms with Gasteiger partial charge in [0.15, 0.2) is 0 Å². The van der Waals surface area contributed by atoms with Crippen molar-refractivity contribution in [1.29, 1.82) is 5.41 Å². The van der Waals surface area contributed by atoms with E-state index in [1.165, 1.54) is 5.56 Å². The summed E-state index contributed by atoms with van der Waals surface area (Å²) in [7, 11) is 0. The van der Waals surface area contributed by atoms with Gasteiger partial charge in [-0.2, -0.15) is 0 Å². The van der Waals surface area contributed by atoms with Gasteiger partial charge in [-0.15, -0.1) is 0 Å². The van der Waals surface area contributed by atoms with E-state index in [-0.39, 0.29) is 17.4 Å². The van der Waals surface area contributed by atoms with Crippen molar-refractivity contribution >= 4 is 5.84 Å². The molecule has 106 valence electrons. The Hall–Kier alpha value is -1.51. The lowest BCUT2D eigenvalue weighted by molar-refractivity contribution is 0.203. The highest BCUT2D eigenvalue weighted by Crippen LogP contribution is 2.28. The minimum atomic E-state index is -0.0170. The van der Waals surface area contributed by atoms with Crippen LogP contribution >= 0.6 is 0 Å². The predicted octanol–water partition coefficient (Wildman–Crippen LogP) is 3.78. The molecule has 1 atom stereocenters. The molecule has 0 heterocycles. The SMILES string of the molecule is CCC(CC(=N)N)Oc1ccc(C(C)(C)C)cc1C. The number of nitrogens with two attached hydrogens (primary N) is 1. The van der Waals surface area contributed by atoms with Gasteiger partial charge in [0, 0.05) is 6.42 Å². The van der Waals surface area contributed by atoms with Gasteiger partial charge in [-0.05, 0) is 36.0 Å². The lowest BCUT2D eigenvalue weighted by Gasteiger charge is -2.22. The number of ether oxygens (including phenoxy) is 1. The third-order valence-electron chi connectivity index (χ3n) is 3.24. The third kappa shape index (κ3) is 4.58. The average Bonchev–Trinajstić information content (AvgIpc) is 2.28. The van der Waals surface area contributed by atoms with Crippen LogP contribution in [0.2, 0.25) is 0 Å². The first-order chi connectivity index (χ1) is 8.74. The maximum atomic E-state index is 7.36. The topological polar surface area (TPSA) is 59.1 Å². The zero-order valence-electron chi connectivity index (χ0n) is 12.7. The van der Waals surface area contributed by atoms with Crippen molar-refractivity contribution in [2.45, 2.75) is 59.0 Å². The third-order valence-corrected chi connectivity index (χ3v) is 3.24. The van der Waals surface area contributed by atoms with Crippen LogP contribution in [-0.4, -0.2) is 11.9 Å². The van der Waals surface area contributed by atoms with Crippen molar-refractivity contribution < 1.29 is 4.74 Å². The van der Waals surface area contributed by atoms with E-state index < -0.39 is 0 Å². The van der Waals surface area contributed by atoms with E-state index in [0.717, 1.165) is 17.7 Å². The Morgan fingerprint density at radius 3 is 2.42 bits per heavy atom. The molecule has 0 fully saturated rings. The van der Waals surface area contributed by atoms with Crippen LogP contribution in [0.3, 0.4) is 0 Å². The van der Waals surface area contributed by atoms with Gasteiger partial charge < -0.3 is 10.5 Å². The Kier molecular flexibility index (Phi) is 4.98. The molecule has 0 spiro atoms. The van der Waals surface area contributed by atoms with Crippen LogP contribution in [0.25, 0.3) is 0 Å². The van der Waals surface area contributed by atoms with Crippen molar-refractivity contribution in [2.24, 2.45) is 5.73 Å². The summed E-state index contributed by atoms with van der Waals surface area (Å²) in [6.07, 6.45) is 1.31. The highest BCUT2D eigenvalue weighted by Gasteiger charge is 2.16. The van der Waals surface area contributed by atoms with E-state index in [4.69, 9.17) is 15.9 Å². The zero-order chi connectivity index (χ0) is 14.6. The summed E-state index contributed by atoms with van der Waals surface area (Å²) in [5, 5.41) is 7.36. The molecule has 0 bridgehead atoms. The smallest absolute Gasteiger partial charge is 0.122 e. The van der Waals surface area contributed by atoms with Gasteiger partial charge in [0.2, 0.25) is 0 Å². The molecule has 0 saturated carbocycles. The molecule has 1 rings (SSSR count). The van der Waals surface area contributed by atoms with E-state index in [1.54, 1.807) is 0 Å². The van der Waals surface area contributed by atoms with Crippen LogP contribution in [-0.2, 0) is 5.41 Å². The van der Waals surface area contributed by atoms with Gasteiger partial charge in [-0.1, -0.05) is 39.8 Å². The van der Waals surface area contributed by atoms with Gasteiger partial charge in [0.25, 0.3) is 0 Å². The number of hydrogen-bond acceptors (Lipinski definition) is 2. The number of nitrogens with one attached hydrogen (secondary N) is 1. The second-order valence-corrected chi connectivity index (χ2v) is 6.11. The van der Waals surface area contributed by atoms with Crippen molar-refractivity contribution in [3.63, 3.8) is 0 Å². The number of aryl methyl sites for hydroxylation is 1. The molecule has 0 radical (unpaired) electrons. The molecular formula is C16H26N2O. The second kappa shape index (κ2) is 6.09. The van der Waals surface area contributed by atoms with Crippen molar-refractivity contribution in [3.8, 4) is 5.75 Å². The quantitative estimate of drug-likeness (QED) is 0.626. The molecule has 1 aromatic rings. The van der Waals surface area contributed by atoms with Crippen molar-refractivity contribution in [3.05, 3.63) is 29.3 Å². The Morgan fingerprint density at radius 1 is 1.37 bits per heavy atom. The molecule has 1 aromatic carbocycles. The summed E-state index contributed by atoms with van der Waals surface area (Å²) in [6, 6.07) is 6.32. The molecular weight excluding hydrogens is 236 g/mol. The summed E-state index contributed by atoms with van der Waals surface area (Å²) >= 11 is 0. The number of hydrogen-bond donors (Lipinski definition) is 2. The maximum absolute atomic E-state index is 7.36. The summed E-state index contributed by atoms with van der Waals surface area (Å²) in [5.74, 6) is 1.07. The molecule has 0 aliphatic rings. The molecule has 3 heteroatoms. The van der Waals surface area contributed by atoms with Crippen LogP contribution < -0.4 is 10.5 Å². The normalized spacial score (nSPS) is 13.1. The van der Waals surface area contributed by atoms with Crippen molar-refractivity contribution in [1.82, 2.24) is 0 Å². The van der Waals surface area contributed by atoms with Gasteiger partial charge in [0.1, 0.15) is 11.9 Å². The highest BCUT2D eigenvalue weighted by atomic mass is 16.5. The largest absolute Gasteiger partial charge is 0.490 e. The predicted molar refractivity (Wildman–Crippen MR) is 81.1 cm³/mol. The molecule has 19 heavy (non-hydrogen) atoms. The van der Waals surface area contributed by atoms with Gasteiger partial charge >= 0.3 is 0 Å². The number of amidine groups is 1. The van der Waals surface area contributed by atoms with Gasteiger partial charge in [-0.3, -0.25) is 5.41 Å². The lowest BCUT2D eigenvalue weighted by Crippen LogP contribution is -2.24. The number of rotatable bonds is 5. The molecule has 0 aliphatic heterocycles. The van der Waals surface area contributed by atoms with Crippen molar-refractivity contribution in [2.75, 3.05) is 0 Å². The van der Waals surface area contributed by atoms with Crippen LogP contribution in [0.15, 0.2) is 18.2 Å². The summed E-state index contributed by atoms with van der Waals surface area (Å²) in [4.78, 5) is 0. The number of benzene rings is 1. The molecule has 0 aliphatic carbocycles. The van der Waals surface area contributed by atoms with E-state index >= 15 is 0 Å². The van der Waals surface area contributed by atoms with E-state index in [1.807, 2.05) is 13.0 Å². The fourth-order valence-electron chi connectivity index (χ4n) is 1.94. The van der Waals surface area contributed by atoms with Gasteiger partial charge in [-0.25, -0.2) is 0 Å². The Bertz CT molecular complexity index is 447. The Balaban J connectivity index is 2.88. The second-order valence-electron chi connectivity index (χ2n) is 6.11. The lowest BCUT2D eigenvalue weighted by atomic mass is 9.86. The van der Waals surface area contributed by atoms with Crippen LogP contribution in [0.5, 0.6) is 5.75 Å². The first-order valence-corrected chi connectivity index (χ1v) is 6.84. The summed E-state index contributed by atoms with van der Waals surface area (Å²) in [5.41, 5.74) is 8.03. The highest BCUT2D eigenvalue weighted by molar-refractivity contribution is 5.77. The fraction of sp³-hybridized carbons (Fsp3) is 0.562. The Labute approximate surface area is 116 Å². The van der Waals surface area contributed by atoms with Crippen LogP contribution in [0.4, 0.5) is 0 Å². The average molecular weight is 262 g/mol. The monoisotopic (exact) mass is 262 g/mol. The molecule has 0 saturated heterocycles. The summed E-state index contributed by atoms with van der Waals surface area (Å²) < 4.78 is 5.95. The van der Waals surface area contributed by atoms with E-state index in [2.05, 4.69) is 39.8 Å². The minimum absolute atomic E-state index is 0.0170. The first-order valence-electron chi connectivity index (χ1n) is 6.84. The Morgan fingerprint density at radius 2 is 2.00 bits per heavy atom. The minimum Gasteiger partial charge on any atom is -0.490 e. The first kappa shape index (κ1) is 15.5. The molecule has 0 aromatic heterocycles. The van der Waals surface area contributed by atoms with E-state index in [9.17, 15) is 0 Å². The molecule has 3 N–H and O–H groups in total. The van der Waals surface area contributed by atoms with Crippen LogP contribution in [0, 0.1) is 12.3 Å². The zero-order valence-corrected chi connectivity index (χ0v) is 12.7. The molecule has 0 amide bonds. The van der Waals surface area contributed by atoms with Gasteiger partial charge in [0.05, 0.1) is 5.84 Å². The molecule has 3 nitrogen and oxygen atoms in total. The summed E-state index contributed by atoms with van der Waals surface area (Å²) in [6.45, 7) is 10.7.